The van der Waals surface area contributed by atoms with Crippen LogP contribution in [0.3, 0.4) is 0 Å². The molecule has 1 atom stereocenters. The van der Waals surface area contributed by atoms with E-state index in [-0.39, 0.29) is 16.7 Å². The summed E-state index contributed by atoms with van der Waals surface area (Å²) in [4.78, 5) is 13.0. The Bertz CT molecular complexity index is 1310. The van der Waals surface area contributed by atoms with Gasteiger partial charge in [0.05, 0.1) is 28.0 Å². The summed E-state index contributed by atoms with van der Waals surface area (Å²) in [7, 11) is 0. The van der Waals surface area contributed by atoms with Gasteiger partial charge in [-0.2, -0.15) is 0 Å². The molecule has 6 nitrogen and oxygen atoms in total. The second-order valence-corrected chi connectivity index (χ2v) is 7.82. The van der Waals surface area contributed by atoms with Crippen LogP contribution in [-0.4, -0.2) is 10.8 Å². The highest BCUT2D eigenvalue weighted by Gasteiger charge is 2.31. The fraction of sp³-hybridized carbons (Fsp3) is 0.0741. The Morgan fingerprint density at radius 3 is 1.97 bits per heavy atom. The Balaban J connectivity index is 1.70. The Morgan fingerprint density at radius 2 is 1.33 bits per heavy atom. The van der Waals surface area contributed by atoms with E-state index in [4.69, 9.17) is 5.10 Å². The minimum Gasteiger partial charge on any atom is -0.315 e. The van der Waals surface area contributed by atoms with E-state index in [0.29, 0.717) is 0 Å². The molecule has 6 heteroatoms. The van der Waals surface area contributed by atoms with E-state index in [1.54, 1.807) is 12.1 Å². The Labute approximate surface area is 192 Å². The predicted octanol–water partition coefficient (Wildman–Crippen LogP) is 6.68. The van der Waals surface area contributed by atoms with Gasteiger partial charge in [-0.05, 0) is 48.9 Å². The molecule has 0 aromatic heterocycles. The first-order chi connectivity index (χ1) is 16.1. The molecule has 0 radical (unpaired) electrons. The van der Waals surface area contributed by atoms with Crippen molar-refractivity contribution in [3.05, 3.63) is 130 Å². The van der Waals surface area contributed by atoms with Crippen molar-refractivity contribution in [3.63, 3.8) is 0 Å². The minimum atomic E-state index is -0.387. The second-order valence-electron chi connectivity index (χ2n) is 7.82. The summed E-state index contributed by atoms with van der Waals surface area (Å²) in [5.74, 6) is 0.726. The zero-order chi connectivity index (χ0) is 22.8. The van der Waals surface area contributed by atoms with Crippen LogP contribution in [0.2, 0.25) is 0 Å². The Morgan fingerprint density at radius 1 is 0.758 bits per heavy atom. The van der Waals surface area contributed by atoms with Crippen molar-refractivity contribution in [2.45, 2.75) is 13.0 Å². The molecule has 0 saturated carbocycles. The molecule has 1 aliphatic heterocycles. The number of para-hydroxylation sites is 3. The first kappa shape index (κ1) is 20.5. The molecule has 0 aliphatic carbocycles. The van der Waals surface area contributed by atoms with Crippen molar-refractivity contribution in [3.8, 4) is 0 Å². The number of hydrogen-bond acceptors (Lipinski definition) is 5. The molecule has 1 unspecified atom stereocenters. The van der Waals surface area contributed by atoms with Gasteiger partial charge in [0.15, 0.2) is 5.84 Å². The first-order valence-corrected chi connectivity index (χ1v) is 10.8. The molecule has 0 bridgehead atoms. The van der Waals surface area contributed by atoms with E-state index in [1.807, 2.05) is 65.7 Å². The summed E-state index contributed by atoms with van der Waals surface area (Å²) >= 11 is 0. The number of fused-ring (bicyclic) bond motifs is 1. The summed E-state index contributed by atoms with van der Waals surface area (Å²) in [6.45, 7) is 2.14. The molecule has 33 heavy (non-hydrogen) atoms. The molecule has 0 amide bonds. The number of non-ortho nitro benzene ring substituents is 1. The molecule has 0 fully saturated rings. The summed E-state index contributed by atoms with van der Waals surface area (Å²) < 4.78 is 0. The SMILES string of the molecule is CC(c1ccccc1)N1C(c2ccc([N+](=O)[O-])cc2)=NN(c2ccccc2)c2ccccc21. The number of benzene rings is 4. The fourth-order valence-corrected chi connectivity index (χ4v) is 4.13. The highest BCUT2D eigenvalue weighted by atomic mass is 16.6. The zero-order valence-electron chi connectivity index (χ0n) is 18.1. The fourth-order valence-electron chi connectivity index (χ4n) is 4.13. The largest absolute Gasteiger partial charge is 0.315 e. The maximum atomic E-state index is 11.2. The van der Waals surface area contributed by atoms with Crippen LogP contribution in [0.25, 0.3) is 0 Å². The zero-order valence-corrected chi connectivity index (χ0v) is 18.1. The molecule has 1 heterocycles. The molecule has 4 aromatic carbocycles. The van der Waals surface area contributed by atoms with Crippen molar-refractivity contribution in [1.29, 1.82) is 0 Å². The molecular weight excluding hydrogens is 412 g/mol. The van der Waals surface area contributed by atoms with E-state index in [1.165, 1.54) is 12.1 Å². The third kappa shape index (κ3) is 3.83. The Kier molecular flexibility index (Phi) is 5.32. The third-order valence-electron chi connectivity index (χ3n) is 5.80. The molecule has 0 saturated heterocycles. The van der Waals surface area contributed by atoms with Crippen LogP contribution in [0.5, 0.6) is 0 Å². The standard InChI is InChI=1S/C27H22N4O2/c1-20(21-10-4-2-5-11-21)29-25-14-8-9-15-26(25)30(23-12-6-3-7-13-23)28-27(29)22-16-18-24(19-17-22)31(32)33/h2-20H,1H3. The topological polar surface area (TPSA) is 62.0 Å². The van der Waals surface area contributed by atoms with Crippen LogP contribution in [0.1, 0.15) is 24.1 Å². The molecule has 0 N–H and O–H groups in total. The monoisotopic (exact) mass is 434 g/mol. The van der Waals surface area contributed by atoms with Crippen LogP contribution < -0.4 is 9.91 Å². The van der Waals surface area contributed by atoms with Gasteiger partial charge in [-0.1, -0.05) is 60.7 Å². The number of amidine groups is 1. The highest BCUT2D eigenvalue weighted by Crippen LogP contribution is 2.42. The van der Waals surface area contributed by atoms with E-state index in [2.05, 4.69) is 36.1 Å². The molecule has 162 valence electrons. The minimum absolute atomic E-state index is 0.0146. The molecule has 0 spiro atoms. The van der Waals surface area contributed by atoms with E-state index in [0.717, 1.165) is 34.0 Å². The van der Waals surface area contributed by atoms with Crippen molar-refractivity contribution in [2.75, 3.05) is 9.91 Å². The maximum absolute atomic E-state index is 11.2. The average Bonchev–Trinajstić information content (AvgIpc) is 2.88. The van der Waals surface area contributed by atoms with Gasteiger partial charge in [0, 0.05) is 17.7 Å². The first-order valence-electron chi connectivity index (χ1n) is 10.8. The lowest BCUT2D eigenvalue weighted by Crippen LogP contribution is -2.39. The quantitative estimate of drug-likeness (QED) is 0.260. The van der Waals surface area contributed by atoms with Gasteiger partial charge in [0.2, 0.25) is 0 Å². The number of anilines is 3. The molecule has 4 aromatic rings. The smallest absolute Gasteiger partial charge is 0.269 e. The van der Waals surface area contributed by atoms with E-state index >= 15 is 0 Å². The van der Waals surface area contributed by atoms with Gasteiger partial charge in [0.1, 0.15) is 0 Å². The van der Waals surface area contributed by atoms with Gasteiger partial charge in [-0.15, -0.1) is 5.10 Å². The maximum Gasteiger partial charge on any atom is 0.269 e. The van der Waals surface area contributed by atoms with Gasteiger partial charge in [0.25, 0.3) is 5.69 Å². The van der Waals surface area contributed by atoms with Crippen molar-refractivity contribution in [2.24, 2.45) is 5.10 Å². The average molecular weight is 434 g/mol. The number of hydrogen-bond donors (Lipinski definition) is 0. The Hall–Kier alpha value is -4.45. The lowest BCUT2D eigenvalue weighted by Gasteiger charge is -2.40. The van der Waals surface area contributed by atoms with Crippen molar-refractivity contribution < 1.29 is 4.92 Å². The van der Waals surface area contributed by atoms with E-state index in [9.17, 15) is 10.1 Å². The number of rotatable bonds is 5. The summed E-state index contributed by atoms with van der Waals surface area (Å²) in [5.41, 5.74) is 4.93. The van der Waals surface area contributed by atoms with Gasteiger partial charge >= 0.3 is 0 Å². The number of nitro groups is 1. The third-order valence-corrected chi connectivity index (χ3v) is 5.80. The van der Waals surface area contributed by atoms with Crippen LogP contribution >= 0.6 is 0 Å². The lowest BCUT2D eigenvalue weighted by molar-refractivity contribution is -0.384. The normalized spacial score (nSPS) is 13.8. The van der Waals surface area contributed by atoms with Crippen molar-refractivity contribution in [1.82, 2.24) is 0 Å². The number of nitro benzene ring substituents is 1. The summed E-state index contributed by atoms with van der Waals surface area (Å²) in [6, 6.07) is 35.0. The number of nitrogens with zero attached hydrogens (tertiary/aromatic N) is 4. The second kappa shape index (κ2) is 8.59. The lowest BCUT2D eigenvalue weighted by atomic mass is 10.0. The van der Waals surface area contributed by atoms with Gasteiger partial charge < -0.3 is 4.90 Å². The van der Waals surface area contributed by atoms with Crippen LogP contribution in [-0.2, 0) is 0 Å². The van der Waals surface area contributed by atoms with Crippen molar-refractivity contribution >= 4 is 28.6 Å². The van der Waals surface area contributed by atoms with Crippen LogP contribution in [0.4, 0.5) is 22.7 Å². The molecule has 1 aliphatic rings. The van der Waals surface area contributed by atoms with Gasteiger partial charge in [-0.25, -0.2) is 5.01 Å². The predicted molar refractivity (Wildman–Crippen MR) is 132 cm³/mol. The number of hydrazone groups is 1. The van der Waals surface area contributed by atoms with Crippen LogP contribution in [0, 0.1) is 10.1 Å². The van der Waals surface area contributed by atoms with Gasteiger partial charge in [-0.3, -0.25) is 10.1 Å². The summed E-state index contributed by atoms with van der Waals surface area (Å²) in [6.07, 6.45) is 0. The molecule has 5 rings (SSSR count). The van der Waals surface area contributed by atoms with E-state index < -0.39 is 0 Å². The summed E-state index contributed by atoms with van der Waals surface area (Å²) in [5, 5.41) is 18.2. The molecular formula is C27H22N4O2. The highest BCUT2D eigenvalue weighted by molar-refractivity contribution is 6.14. The van der Waals surface area contributed by atoms with Crippen LogP contribution in [0.15, 0.2) is 114 Å².